The van der Waals surface area contributed by atoms with E-state index in [0.717, 1.165) is 52.5 Å². The lowest BCUT2D eigenvalue weighted by atomic mass is 9.81. The van der Waals surface area contributed by atoms with Crippen LogP contribution in [0.1, 0.15) is 83.8 Å². The van der Waals surface area contributed by atoms with E-state index in [2.05, 4.69) is 101 Å². The Hall–Kier alpha value is -4.20. The summed E-state index contributed by atoms with van der Waals surface area (Å²) in [4.78, 5) is 5.14. The van der Waals surface area contributed by atoms with Gasteiger partial charge in [0.15, 0.2) is 5.71 Å². The normalized spacial score (nSPS) is 19.3. The van der Waals surface area contributed by atoms with Crippen molar-refractivity contribution >= 4 is 37.3 Å². The minimum atomic E-state index is -4.27. The quantitative estimate of drug-likeness (QED) is 0.0389. The van der Waals surface area contributed by atoms with E-state index in [0.29, 0.717) is 58.3 Å². The third-order valence-electron chi connectivity index (χ3n) is 10.6. The Morgan fingerprint density at radius 1 is 0.907 bits per heavy atom. The van der Waals surface area contributed by atoms with E-state index in [1.807, 2.05) is 24.3 Å². The highest BCUT2D eigenvalue weighted by molar-refractivity contribution is 7.85. The van der Waals surface area contributed by atoms with Gasteiger partial charge >= 0.3 is 0 Å². The van der Waals surface area contributed by atoms with Gasteiger partial charge in [-0.3, -0.25) is 4.55 Å². The summed E-state index contributed by atoms with van der Waals surface area (Å²) in [5, 5.41) is 7.35. The number of nitrogens with zero attached hydrogens (tertiary/aromatic N) is 5. The fourth-order valence-corrected chi connectivity index (χ4v) is 9.05. The van der Waals surface area contributed by atoms with Gasteiger partial charge in [-0.05, 0) is 86.8 Å². The van der Waals surface area contributed by atoms with Crippen LogP contribution in [-0.2, 0) is 31.1 Å². The molecule has 54 heavy (non-hydrogen) atoms. The van der Waals surface area contributed by atoms with Crippen LogP contribution in [0, 0.1) is 0 Å². The van der Waals surface area contributed by atoms with Crippen molar-refractivity contribution in [2.24, 2.45) is 5.11 Å². The van der Waals surface area contributed by atoms with Crippen LogP contribution < -0.4 is 10.2 Å². The average Bonchev–Trinajstić information content (AvgIpc) is 3.66. The lowest BCUT2D eigenvalue weighted by Gasteiger charge is -2.27. The molecule has 0 spiro atoms. The van der Waals surface area contributed by atoms with Gasteiger partial charge in [0.2, 0.25) is 5.69 Å². The molecule has 290 valence electrons. The first-order valence-corrected chi connectivity index (χ1v) is 21.8. The summed E-state index contributed by atoms with van der Waals surface area (Å²) in [6, 6.07) is 16.5. The van der Waals surface area contributed by atoms with Crippen LogP contribution in [0.15, 0.2) is 100 Å². The zero-order valence-corrected chi connectivity index (χ0v) is 33.3. The van der Waals surface area contributed by atoms with Crippen molar-refractivity contribution < 1.29 is 30.5 Å². The lowest BCUT2D eigenvalue weighted by Crippen LogP contribution is -2.28. The van der Waals surface area contributed by atoms with E-state index in [1.54, 1.807) is 0 Å². The molecule has 0 unspecified atom stereocenters. The van der Waals surface area contributed by atoms with Crippen molar-refractivity contribution in [2.45, 2.75) is 83.5 Å². The van der Waals surface area contributed by atoms with Crippen molar-refractivity contribution in [3.8, 4) is 0 Å². The highest BCUT2D eigenvalue weighted by atomic mass is 32.2. The topological polar surface area (TPSA) is 179 Å². The van der Waals surface area contributed by atoms with Crippen molar-refractivity contribution in [3.05, 3.63) is 117 Å². The zero-order chi connectivity index (χ0) is 39.1. The van der Waals surface area contributed by atoms with Gasteiger partial charge < -0.3 is 14.8 Å². The number of benzene rings is 2. The van der Waals surface area contributed by atoms with Gasteiger partial charge in [0.25, 0.3) is 10.1 Å². The number of azide groups is 1. The number of nitrogens with one attached hydrogen (secondary N) is 1. The van der Waals surface area contributed by atoms with Crippen LogP contribution in [0.3, 0.4) is 0 Å². The summed E-state index contributed by atoms with van der Waals surface area (Å²) in [7, 11) is -8.30. The monoisotopic (exact) mass is 776 g/mol. The van der Waals surface area contributed by atoms with Gasteiger partial charge in [-0.2, -0.15) is 13.0 Å². The van der Waals surface area contributed by atoms with Gasteiger partial charge in [-0.1, -0.05) is 67.5 Å². The molecule has 2 aromatic rings. The molecule has 1 aliphatic carbocycles. The standard InChI is InChI=1S/C40H52N6O6S2/c1-39(2)32-14-5-7-16-34(32)45(26-9-11-28-53(47,48)49)36(39)22-20-30-18-19-31(38(30)42-24-13-25-43-44-41)21-23-37-40(3,4)33-15-6-8-17-35(33)46(37)27-10-12-29-54(50,51)52/h5-8,14-17,20-23H,9-13,18-19,24-29H2,1-4H3,(H2,47,48,49,50,51,52). The predicted octanol–water partition coefficient (Wildman–Crippen LogP) is 7.56. The fourth-order valence-electron chi connectivity index (χ4n) is 7.92. The van der Waals surface area contributed by atoms with Gasteiger partial charge in [0.1, 0.15) is 6.54 Å². The molecule has 2 heterocycles. The Morgan fingerprint density at radius 2 is 1.61 bits per heavy atom. The van der Waals surface area contributed by atoms with Gasteiger partial charge in [0, 0.05) is 76.9 Å². The molecule has 12 nitrogen and oxygen atoms in total. The minimum absolute atomic E-state index is 0.267. The molecule has 5 rings (SSSR count). The Labute approximate surface area is 320 Å². The lowest BCUT2D eigenvalue weighted by molar-refractivity contribution is -0.438. The SMILES string of the molecule is CC1(C)C(=CC=C2CCC(C=CC3=[N+](CCCCS(=O)(=O)O)c4ccccc4C3(C)C)=C2NCCCN=[N+]=[N-])N(CCCCS(=O)(=O)[O-])c2ccccc21. The fraction of sp³-hybridized carbons (Fsp3) is 0.475. The van der Waals surface area contributed by atoms with Crippen molar-refractivity contribution in [1.29, 1.82) is 0 Å². The smallest absolute Gasteiger partial charge is 0.264 e. The molecule has 0 atom stereocenters. The first kappa shape index (κ1) is 41.0. The molecule has 3 aliphatic rings. The van der Waals surface area contributed by atoms with Crippen LogP contribution in [0.4, 0.5) is 11.4 Å². The molecule has 0 amide bonds. The number of unbranched alkanes of at least 4 members (excludes halogenated alkanes) is 2. The number of anilines is 1. The number of para-hydroxylation sites is 2. The Bertz CT molecular complexity index is 2160. The second-order valence-electron chi connectivity index (χ2n) is 15.1. The van der Waals surface area contributed by atoms with Crippen LogP contribution in [0.5, 0.6) is 0 Å². The predicted molar refractivity (Wildman–Crippen MR) is 214 cm³/mol. The van der Waals surface area contributed by atoms with E-state index in [9.17, 15) is 25.9 Å². The molecule has 2 aliphatic heterocycles. The number of rotatable bonds is 18. The maximum absolute atomic E-state index is 11.4. The molecule has 0 saturated carbocycles. The summed E-state index contributed by atoms with van der Waals surface area (Å²) in [5.41, 5.74) is 18.3. The summed E-state index contributed by atoms with van der Waals surface area (Å²) < 4.78 is 68.1. The van der Waals surface area contributed by atoms with Crippen molar-refractivity contribution in [3.63, 3.8) is 0 Å². The number of hydrogen-bond donors (Lipinski definition) is 2. The van der Waals surface area contributed by atoms with E-state index < -0.39 is 20.2 Å². The molecule has 14 heteroatoms. The highest BCUT2D eigenvalue weighted by Crippen LogP contribution is 2.48. The first-order chi connectivity index (χ1) is 25.5. The molecule has 2 N–H and O–H groups in total. The second kappa shape index (κ2) is 17.1. The van der Waals surface area contributed by atoms with Crippen molar-refractivity contribution in [2.75, 3.05) is 42.6 Å². The zero-order valence-electron chi connectivity index (χ0n) is 31.7. The van der Waals surface area contributed by atoms with E-state index in [4.69, 9.17) is 5.53 Å². The van der Waals surface area contributed by atoms with Gasteiger partial charge in [-0.25, -0.2) is 8.42 Å². The first-order valence-electron chi connectivity index (χ1n) is 18.6. The van der Waals surface area contributed by atoms with Crippen LogP contribution in [-0.4, -0.2) is 73.9 Å². The molecule has 2 aromatic carbocycles. The highest BCUT2D eigenvalue weighted by Gasteiger charge is 2.44. The number of allylic oxidation sites excluding steroid dienone is 7. The van der Waals surface area contributed by atoms with E-state index >= 15 is 0 Å². The second-order valence-corrected chi connectivity index (χ2v) is 18.2. The van der Waals surface area contributed by atoms with Crippen LogP contribution in [0.2, 0.25) is 0 Å². The van der Waals surface area contributed by atoms with Crippen molar-refractivity contribution in [1.82, 2.24) is 5.32 Å². The van der Waals surface area contributed by atoms with Crippen LogP contribution in [0.25, 0.3) is 10.4 Å². The molecule has 0 aromatic heterocycles. The summed E-state index contributed by atoms with van der Waals surface area (Å²) in [6.45, 7) is 11.0. The Balaban J connectivity index is 1.49. The third kappa shape index (κ3) is 9.72. The molecule has 0 fully saturated rings. The summed E-state index contributed by atoms with van der Waals surface area (Å²) in [5.74, 6) is -0.643. The summed E-state index contributed by atoms with van der Waals surface area (Å²) >= 11 is 0. The largest absolute Gasteiger partial charge is 0.748 e. The Kier molecular flexibility index (Phi) is 13.0. The third-order valence-corrected chi connectivity index (χ3v) is 12.2. The van der Waals surface area contributed by atoms with E-state index in [-0.39, 0.29) is 22.3 Å². The molecule has 0 saturated heterocycles. The number of hydrogen-bond acceptors (Lipinski definition) is 8. The van der Waals surface area contributed by atoms with E-state index in [1.165, 1.54) is 11.1 Å². The molecular weight excluding hydrogens is 725 g/mol. The Morgan fingerprint density at radius 3 is 2.33 bits per heavy atom. The minimum Gasteiger partial charge on any atom is -0.748 e. The van der Waals surface area contributed by atoms with Gasteiger partial charge in [-0.15, -0.1) is 0 Å². The molecule has 0 bridgehead atoms. The average molecular weight is 777 g/mol. The molecular formula is C40H52N6O6S2. The maximum atomic E-state index is 11.4. The number of fused-ring (bicyclic) bond motifs is 2. The summed E-state index contributed by atoms with van der Waals surface area (Å²) in [6.07, 6.45) is 12.8. The van der Waals surface area contributed by atoms with Gasteiger partial charge in [0.05, 0.1) is 21.3 Å². The maximum Gasteiger partial charge on any atom is 0.264 e. The van der Waals surface area contributed by atoms with Crippen LogP contribution >= 0.6 is 0 Å². The molecule has 0 radical (unpaired) electrons.